The summed E-state index contributed by atoms with van der Waals surface area (Å²) in [5.74, 6) is 1.13. The van der Waals surface area contributed by atoms with Crippen LogP contribution < -0.4 is 15.9 Å². The second kappa shape index (κ2) is 5.93. The van der Waals surface area contributed by atoms with Crippen molar-refractivity contribution in [1.82, 2.24) is 25.5 Å². The molecule has 0 spiro atoms. The highest BCUT2D eigenvalue weighted by atomic mass is 16.4. The first kappa shape index (κ1) is 15.2. The topological polar surface area (TPSA) is 127 Å². The zero-order chi connectivity index (χ0) is 17.4. The van der Waals surface area contributed by atoms with Gasteiger partial charge in [0.25, 0.3) is 0 Å². The van der Waals surface area contributed by atoms with E-state index >= 15 is 0 Å². The van der Waals surface area contributed by atoms with Gasteiger partial charge in [-0.2, -0.15) is 5.10 Å². The number of anilines is 1. The average molecular weight is 340 g/mol. The Labute approximate surface area is 141 Å². The molecule has 1 aromatic carbocycles. The number of carbonyl (C=O) groups is 1. The van der Waals surface area contributed by atoms with E-state index in [1.807, 2.05) is 30.3 Å². The molecule has 3 heterocycles. The number of nitrogens with one attached hydrogen (secondary N) is 3. The third-order valence-electron chi connectivity index (χ3n) is 4.28. The predicted octanol–water partition coefficient (Wildman–Crippen LogP) is 1.16. The Kier molecular flexibility index (Phi) is 3.60. The maximum atomic E-state index is 11.3. The molecule has 1 atom stereocenters. The van der Waals surface area contributed by atoms with Gasteiger partial charge in [-0.25, -0.2) is 19.7 Å². The largest absolute Gasteiger partial charge is 0.465 e. The van der Waals surface area contributed by atoms with Crippen LogP contribution in [0.4, 0.5) is 10.6 Å². The summed E-state index contributed by atoms with van der Waals surface area (Å²) >= 11 is 0. The fraction of sp³-hybridized carbons (Fsp3) is 0.250. The lowest BCUT2D eigenvalue weighted by atomic mass is 10.1. The SMILES string of the molecule is O=C(O)NC1CCN(c2nc(-c3n[nH]c(=O)[nH]3)cc3ccccc23)C1. The molecule has 4 N–H and O–H groups in total. The van der Waals surface area contributed by atoms with Crippen molar-refractivity contribution >= 4 is 22.7 Å². The molecule has 1 fully saturated rings. The van der Waals surface area contributed by atoms with Gasteiger partial charge in [-0.3, -0.25) is 4.98 Å². The number of benzene rings is 1. The Morgan fingerprint density at radius 1 is 1.36 bits per heavy atom. The monoisotopic (exact) mass is 340 g/mol. The van der Waals surface area contributed by atoms with Crippen LogP contribution in [0.1, 0.15) is 6.42 Å². The van der Waals surface area contributed by atoms with Crippen molar-refractivity contribution in [2.24, 2.45) is 0 Å². The minimum absolute atomic E-state index is 0.132. The number of fused-ring (bicyclic) bond motifs is 1. The van der Waals surface area contributed by atoms with Crippen LogP contribution in [0.25, 0.3) is 22.3 Å². The normalized spacial score (nSPS) is 17.1. The summed E-state index contributed by atoms with van der Waals surface area (Å²) < 4.78 is 0. The van der Waals surface area contributed by atoms with Gasteiger partial charge in [-0.15, -0.1) is 0 Å². The second-order valence-electron chi connectivity index (χ2n) is 5.96. The number of nitrogens with zero attached hydrogens (tertiary/aromatic N) is 3. The van der Waals surface area contributed by atoms with Gasteiger partial charge in [0, 0.05) is 18.5 Å². The summed E-state index contributed by atoms with van der Waals surface area (Å²) in [6, 6.07) is 9.56. The number of rotatable bonds is 3. The van der Waals surface area contributed by atoms with Gasteiger partial charge in [-0.05, 0) is 17.9 Å². The molecule has 1 aliphatic heterocycles. The van der Waals surface area contributed by atoms with Crippen molar-refractivity contribution in [1.29, 1.82) is 0 Å². The summed E-state index contributed by atoms with van der Waals surface area (Å²) in [5, 5.41) is 19.7. The molecule has 128 valence electrons. The van der Waals surface area contributed by atoms with Gasteiger partial charge in [-0.1, -0.05) is 24.3 Å². The number of carboxylic acid groups (broad SMARTS) is 1. The third-order valence-corrected chi connectivity index (χ3v) is 4.28. The number of hydrogen-bond donors (Lipinski definition) is 4. The first-order valence-electron chi connectivity index (χ1n) is 7.89. The molecule has 1 amide bonds. The summed E-state index contributed by atoms with van der Waals surface area (Å²) in [4.78, 5) is 31.5. The predicted molar refractivity (Wildman–Crippen MR) is 91.7 cm³/mol. The molecule has 4 rings (SSSR count). The summed E-state index contributed by atoms with van der Waals surface area (Å²) in [6.07, 6.45) is -0.307. The quantitative estimate of drug-likeness (QED) is 0.567. The van der Waals surface area contributed by atoms with Crippen LogP contribution in [0.5, 0.6) is 0 Å². The van der Waals surface area contributed by atoms with E-state index < -0.39 is 11.8 Å². The van der Waals surface area contributed by atoms with Crippen LogP contribution in [0, 0.1) is 0 Å². The molecule has 0 aliphatic carbocycles. The van der Waals surface area contributed by atoms with Crippen molar-refractivity contribution in [3.05, 3.63) is 40.8 Å². The molecular formula is C16H16N6O3. The summed E-state index contributed by atoms with van der Waals surface area (Å²) in [5.41, 5.74) is 0.167. The number of hydrogen-bond acceptors (Lipinski definition) is 5. The van der Waals surface area contributed by atoms with Gasteiger partial charge in [0.2, 0.25) is 0 Å². The van der Waals surface area contributed by atoms with Crippen molar-refractivity contribution in [2.75, 3.05) is 18.0 Å². The van der Waals surface area contributed by atoms with Crippen LogP contribution in [-0.4, -0.2) is 50.5 Å². The maximum Gasteiger partial charge on any atom is 0.404 e. The number of H-pyrrole nitrogens is 2. The molecule has 0 saturated carbocycles. The zero-order valence-electron chi connectivity index (χ0n) is 13.2. The summed E-state index contributed by atoms with van der Waals surface area (Å²) in [6.45, 7) is 1.24. The van der Waals surface area contributed by atoms with Crippen molar-refractivity contribution in [3.63, 3.8) is 0 Å². The Balaban J connectivity index is 1.77. The van der Waals surface area contributed by atoms with E-state index in [-0.39, 0.29) is 6.04 Å². The van der Waals surface area contributed by atoms with E-state index in [2.05, 4.69) is 30.4 Å². The molecule has 9 heteroatoms. The van der Waals surface area contributed by atoms with E-state index in [0.29, 0.717) is 31.0 Å². The highest BCUT2D eigenvalue weighted by molar-refractivity contribution is 5.94. The van der Waals surface area contributed by atoms with Gasteiger partial charge in [0.15, 0.2) is 5.82 Å². The van der Waals surface area contributed by atoms with E-state index in [1.54, 1.807) is 0 Å². The molecular weight excluding hydrogens is 324 g/mol. The number of pyridine rings is 1. The van der Waals surface area contributed by atoms with E-state index in [4.69, 9.17) is 5.11 Å². The second-order valence-corrected chi connectivity index (χ2v) is 5.96. The molecule has 3 aromatic rings. The number of amides is 1. The highest BCUT2D eigenvalue weighted by Crippen LogP contribution is 2.30. The summed E-state index contributed by atoms with van der Waals surface area (Å²) in [7, 11) is 0. The third kappa shape index (κ3) is 2.91. The van der Waals surface area contributed by atoms with Gasteiger partial charge < -0.3 is 15.3 Å². The van der Waals surface area contributed by atoms with Gasteiger partial charge >= 0.3 is 11.8 Å². The van der Waals surface area contributed by atoms with Gasteiger partial charge in [0.1, 0.15) is 11.5 Å². The van der Waals surface area contributed by atoms with E-state index in [1.165, 1.54) is 0 Å². The lowest BCUT2D eigenvalue weighted by Crippen LogP contribution is -2.36. The van der Waals surface area contributed by atoms with Crippen LogP contribution >= 0.6 is 0 Å². The first-order valence-corrected chi connectivity index (χ1v) is 7.89. The minimum Gasteiger partial charge on any atom is -0.465 e. The maximum absolute atomic E-state index is 11.3. The number of aromatic nitrogens is 4. The molecule has 9 nitrogen and oxygen atoms in total. The van der Waals surface area contributed by atoms with Crippen LogP contribution in [0.15, 0.2) is 35.1 Å². The molecule has 25 heavy (non-hydrogen) atoms. The van der Waals surface area contributed by atoms with Crippen molar-refractivity contribution in [3.8, 4) is 11.5 Å². The van der Waals surface area contributed by atoms with Crippen LogP contribution in [-0.2, 0) is 0 Å². The average Bonchev–Trinajstić information content (AvgIpc) is 3.22. The fourth-order valence-corrected chi connectivity index (χ4v) is 3.18. The first-order chi connectivity index (χ1) is 12.1. The minimum atomic E-state index is -1.02. The Bertz CT molecular complexity index is 995. The van der Waals surface area contributed by atoms with E-state index in [9.17, 15) is 9.59 Å². The standard InChI is InChI=1S/C16H16N6O3/c23-15-19-13(20-21-15)12-7-9-3-1-2-4-11(9)14(18-12)22-6-5-10(8-22)17-16(24)25/h1-4,7,10,17H,5-6,8H2,(H,24,25)(H2,19,20,21,23). The molecule has 1 aliphatic rings. The Hall–Kier alpha value is -3.36. The lowest BCUT2D eigenvalue weighted by Gasteiger charge is -2.20. The van der Waals surface area contributed by atoms with Crippen molar-refractivity contribution < 1.29 is 9.90 Å². The lowest BCUT2D eigenvalue weighted by molar-refractivity contribution is 0.191. The van der Waals surface area contributed by atoms with Crippen LogP contribution in [0.3, 0.4) is 0 Å². The Morgan fingerprint density at radius 2 is 2.20 bits per heavy atom. The molecule has 0 radical (unpaired) electrons. The van der Waals surface area contributed by atoms with E-state index in [0.717, 1.165) is 16.6 Å². The molecule has 1 saturated heterocycles. The van der Waals surface area contributed by atoms with Gasteiger partial charge in [0.05, 0.1) is 6.04 Å². The number of aromatic amines is 2. The fourth-order valence-electron chi connectivity index (χ4n) is 3.18. The van der Waals surface area contributed by atoms with Crippen molar-refractivity contribution in [2.45, 2.75) is 12.5 Å². The van der Waals surface area contributed by atoms with Crippen LogP contribution in [0.2, 0.25) is 0 Å². The Morgan fingerprint density at radius 3 is 2.96 bits per heavy atom. The molecule has 1 unspecified atom stereocenters. The molecule has 0 bridgehead atoms. The molecule has 2 aromatic heterocycles. The highest BCUT2D eigenvalue weighted by Gasteiger charge is 2.26. The zero-order valence-corrected chi connectivity index (χ0v) is 13.2. The smallest absolute Gasteiger partial charge is 0.404 e.